The van der Waals surface area contributed by atoms with E-state index in [1.807, 2.05) is 0 Å². The highest BCUT2D eigenvalue weighted by Crippen LogP contribution is 2.13. The lowest BCUT2D eigenvalue weighted by Crippen LogP contribution is -2.15. The molecule has 0 aromatic carbocycles. The minimum Gasteiger partial charge on any atom is -0.368 e. The van der Waals surface area contributed by atoms with Crippen LogP contribution in [0.1, 0.15) is 39.5 Å². The summed E-state index contributed by atoms with van der Waals surface area (Å²) in [5.41, 5.74) is 0. The maximum atomic E-state index is 8.79. The SMILES string of the molecule is [CH2]C(O)OCC(CC)CCCC. The highest BCUT2D eigenvalue weighted by atomic mass is 16.6. The molecule has 0 rings (SSSR count). The van der Waals surface area contributed by atoms with Gasteiger partial charge in [0.2, 0.25) is 0 Å². The number of unbranched alkanes of at least 4 members (excludes halogenated alkanes) is 1. The molecule has 73 valence electrons. The lowest BCUT2D eigenvalue weighted by Gasteiger charge is -2.15. The number of hydrogen-bond acceptors (Lipinski definition) is 2. The largest absolute Gasteiger partial charge is 0.368 e. The van der Waals surface area contributed by atoms with Crippen molar-refractivity contribution in [3.8, 4) is 0 Å². The van der Waals surface area contributed by atoms with Gasteiger partial charge in [0.05, 0.1) is 6.61 Å². The molecule has 0 aliphatic carbocycles. The van der Waals surface area contributed by atoms with Crippen LogP contribution in [0.25, 0.3) is 0 Å². The van der Waals surface area contributed by atoms with E-state index in [9.17, 15) is 0 Å². The van der Waals surface area contributed by atoms with E-state index in [-0.39, 0.29) is 0 Å². The minimum atomic E-state index is -0.860. The average molecular weight is 173 g/mol. The Hall–Kier alpha value is -0.0800. The van der Waals surface area contributed by atoms with Crippen molar-refractivity contribution in [3.63, 3.8) is 0 Å². The van der Waals surface area contributed by atoms with Crippen molar-refractivity contribution in [2.24, 2.45) is 5.92 Å². The predicted molar refractivity (Wildman–Crippen MR) is 50.6 cm³/mol. The first kappa shape index (κ1) is 11.9. The Morgan fingerprint density at radius 2 is 2.08 bits per heavy atom. The van der Waals surface area contributed by atoms with Gasteiger partial charge in [-0.1, -0.05) is 33.1 Å². The van der Waals surface area contributed by atoms with Crippen molar-refractivity contribution in [1.29, 1.82) is 0 Å². The van der Waals surface area contributed by atoms with E-state index in [4.69, 9.17) is 9.84 Å². The first-order valence-electron chi connectivity index (χ1n) is 4.83. The third-order valence-electron chi connectivity index (χ3n) is 2.07. The Balaban J connectivity index is 3.39. The lowest BCUT2D eigenvalue weighted by molar-refractivity contribution is -0.0796. The Morgan fingerprint density at radius 3 is 2.50 bits per heavy atom. The predicted octanol–water partition coefficient (Wildman–Crippen LogP) is 2.37. The molecule has 0 fully saturated rings. The third-order valence-corrected chi connectivity index (χ3v) is 2.07. The fourth-order valence-electron chi connectivity index (χ4n) is 1.15. The smallest absolute Gasteiger partial charge is 0.154 e. The van der Waals surface area contributed by atoms with Gasteiger partial charge in [0, 0.05) is 6.92 Å². The topological polar surface area (TPSA) is 29.5 Å². The summed E-state index contributed by atoms with van der Waals surface area (Å²) in [6.45, 7) is 8.33. The molecule has 0 heterocycles. The molecule has 0 aliphatic heterocycles. The summed E-state index contributed by atoms with van der Waals surface area (Å²) in [7, 11) is 0. The van der Waals surface area contributed by atoms with Gasteiger partial charge >= 0.3 is 0 Å². The maximum absolute atomic E-state index is 8.79. The van der Waals surface area contributed by atoms with Crippen molar-refractivity contribution in [2.45, 2.75) is 45.8 Å². The zero-order valence-electron chi connectivity index (χ0n) is 8.25. The zero-order valence-corrected chi connectivity index (χ0v) is 8.25. The van der Waals surface area contributed by atoms with Crippen LogP contribution in [0, 0.1) is 12.8 Å². The van der Waals surface area contributed by atoms with Crippen LogP contribution >= 0.6 is 0 Å². The molecule has 0 bridgehead atoms. The van der Waals surface area contributed by atoms with Gasteiger partial charge in [-0.05, 0) is 12.3 Å². The quantitative estimate of drug-likeness (QED) is 0.599. The van der Waals surface area contributed by atoms with Crippen molar-refractivity contribution in [2.75, 3.05) is 6.61 Å². The Labute approximate surface area is 75.9 Å². The van der Waals surface area contributed by atoms with Crippen LogP contribution < -0.4 is 0 Å². The Kier molecular flexibility index (Phi) is 7.51. The molecular weight excluding hydrogens is 152 g/mol. The second kappa shape index (κ2) is 7.56. The van der Waals surface area contributed by atoms with E-state index >= 15 is 0 Å². The van der Waals surface area contributed by atoms with Crippen molar-refractivity contribution >= 4 is 0 Å². The summed E-state index contributed by atoms with van der Waals surface area (Å²) >= 11 is 0. The van der Waals surface area contributed by atoms with Crippen LogP contribution in [-0.2, 0) is 4.74 Å². The number of aliphatic hydroxyl groups is 1. The van der Waals surface area contributed by atoms with Gasteiger partial charge in [-0.15, -0.1) is 0 Å². The lowest BCUT2D eigenvalue weighted by atomic mass is 10.0. The van der Waals surface area contributed by atoms with Crippen molar-refractivity contribution in [1.82, 2.24) is 0 Å². The van der Waals surface area contributed by atoms with Gasteiger partial charge < -0.3 is 9.84 Å². The van der Waals surface area contributed by atoms with Gasteiger partial charge in [-0.3, -0.25) is 0 Å². The third kappa shape index (κ3) is 6.62. The molecule has 2 unspecified atom stereocenters. The van der Waals surface area contributed by atoms with E-state index in [1.165, 1.54) is 19.3 Å². The minimum absolute atomic E-state index is 0.585. The Bertz CT molecular complexity index is 91.8. The number of hydrogen-bond donors (Lipinski definition) is 1. The highest BCUT2D eigenvalue weighted by molar-refractivity contribution is 4.56. The summed E-state index contributed by atoms with van der Waals surface area (Å²) in [6.07, 6.45) is 3.92. The Morgan fingerprint density at radius 1 is 1.42 bits per heavy atom. The molecular formula is C10H21O2. The molecule has 1 N–H and O–H groups in total. The molecule has 1 radical (unpaired) electrons. The van der Waals surface area contributed by atoms with Crippen LogP contribution in [0.15, 0.2) is 0 Å². The summed E-state index contributed by atoms with van der Waals surface area (Å²) in [4.78, 5) is 0. The summed E-state index contributed by atoms with van der Waals surface area (Å²) < 4.78 is 5.04. The first-order chi connectivity index (χ1) is 5.70. The van der Waals surface area contributed by atoms with Crippen molar-refractivity contribution < 1.29 is 9.84 Å². The molecule has 2 heteroatoms. The van der Waals surface area contributed by atoms with Gasteiger partial charge in [0.25, 0.3) is 0 Å². The van der Waals surface area contributed by atoms with Crippen LogP contribution in [0.2, 0.25) is 0 Å². The molecule has 0 aromatic heterocycles. The molecule has 0 spiro atoms. The maximum Gasteiger partial charge on any atom is 0.154 e. The monoisotopic (exact) mass is 173 g/mol. The standard InChI is InChI=1S/C10H21O2/c1-4-6-7-10(5-2)8-12-9(3)11/h9-11H,3-8H2,1-2H3. The summed E-state index contributed by atoms with van der Waals surface area (Å²) in [6, 6.07) is 0. The normalized spacial score (nSPS) is 16.0. The van der Waals surface area contributed by atoms with E-state index in [1.54, 1.807) is 0 Å². The van der Waals surface area contributed by atoms with Crippen LogP contribution in [-0.4, -0.2) is 18.0 Å². The summed E-state index contributed by atoms with van der Waals surface area (Å²) in [5, 5.41) is 8.79. The number of aliphatic hydroxyl groups excluding tert-OH is 1. The highest BCUT2D eigenvalue weighted by Gasteiger charge is 2.06. The van der Waals surface area contributed by atoms with Gasteiger partial charge in [-0.2, -0.15) is 0 Å². The van der Waals surface area contributed by atoms with E-state index < -0.39 is 6.29 Å². The van der Waals surface area contributed by atoms with Gasteiger partial charge in [-0.25, -0.2) is 0 Å². The molecule has 2 nitrogen and oxygen atoms in total. The molecule has 0 saturated carbocycles. The molecule has 0 aromatic rings. The molecule has 12 heavy (non-hydrogen) atoms. The molecule has 0 aliphatic rings. The van der Waals surface area contributed by atoms with E-state index in [2.05, 4.69) is 20.8 Å². The molecule has 2 atom stereocenters. The first-order valence-corrected chi connectivity index (χ1v) is 4.83. The number of ether oxygens (including phenoxy) is 1. The average Bonchev–Trinajstić information content (AvgIpc) is 2.05. The van der Waals surface area contributed by atoms with E-state index in [0.717, 1.165) is 6.42 Å². The van der Waals surface area contributed by atoms with Gasteiger partial charge in [0.1, 0.15) is 0 Å². The zero-order chi connectivity index (χ0) is 9.40. The number of rotatable bonds is 7. The second-order valence-corrected chi connectivity index (χ2v) is 3.20. The molecule has 0 amide bonds. The summed E-state index contributed by atoms with van der Waals surface area (Å²) in [5.74, 6) is 0.585. The molecule has 0 saturated heterocycles. The van der Waals surface area contributed by atoms with Crippen molar-refractivity contribution in [3.05, 3.63) is 6.92 Å². The van der Waals surface area contributed by atoms with Crippen LogP contribution in [0.3, 0.4) is 0 Å². The van der Waals surface area contributed by atoms with Crippen LogP contribution in [0.4, 0.5) is 0 Å². The van der Waals surface area contributed by atoms with E-state index in [0.29, 0.717) is 12.5 Å². The second-order valence-electron chi connectivity index (χ2n) is 3.20. The fourth-order valence-corrected chi connectivity index (χ4v) is 1.15. The fraction of sp³-hybridized carbons (Fsp3) is 0.900. The van der Waals surface area contributed by atoms with Crippen LogP contribution in [0.5, 0.6) is 0 Å². The van der Waals surface area contributed by atoms with Gasteiger partial charge in [0.15, 0.2) is 6.29 Å².